The first-order valence-corrected chi connectivity index (χ1v) is 5.95. The molecule has 0 aliphatic heterocycles. The van der Waals surface area contributed by atoms with Gasteiger partial charge in [0.2, 0.25) is 5.91 Å². The van der Waals surface area contributed by atoms with E-state index < -0.39 is 11.4 Å². The smallest absolute Gasteiger partial charge is 0.244 e. The number of rotatable bonds is 2. The van der Waals surface area contributed by atoms with Crippen molar-refractivity contribution in [3.05, 3.63) is 29.0 Å². The molecule has 5 heteroatoms. The van der Waals surface area contributed by atoms with Crippen molar-refractivity contribution < 1.29 is 9.18 Å². The van der Waals surface area contributed by atoms with Crippen molar-refractivity contribution >= 4 is 23.2 Å². The third-order valence-corrected chi connectivity index (χ3v) is 3.46. The lowest BCUT2D eigenvalue weighted by Gasteiger charge is -2.22. The molecule has 0 spiro atoms. The molecule has 1 amide bonds. The van der Waals surface area contributed by atoms with E-state index in [0.29, 0.717) is 12.8 Å². The topological polar surface area (TPSA) is 55.1 Å². The molecule has 1 aromatic rings. The average Bonchev–Trinajstić information content (AvgIpc) is 2.72. The van der Waals surface area contributed by atoms with Crippen LogP contribution in [0.3, 0.4) is 0 Å². The van der Waals surface area contributed by atoms with E-state index in [9.17, 15) is 9.18 Å². The van der Waals surface area contributed by atoms with Crippen LogP contribution >= 0.6 is 11.6 Å². The van der Waals surface area contributed by atoms with Gasteiger partial charge in [0.1, 0.15) is 5.82 Å². The number of hydrogen-bond acceptors (Lipinski definition) is 2. The summed E-state index contributed by atoms with van der Waals surface area (Å²) in [7, 11) is 0. The fourth-order valence-corrected chi connectivity index (χ4v) is 2.30. The summed E-state index contributed by atoms with van der Waals surface area (Å²) in [5.41, 5.74) is 5.10. The Morgan fingerprint density at radius 2 is 2.06 bits per heavy atom. The molecule has 3 nitrogen and oxygen atoms in total. The Morgan fingerprint density at radius 1 is 1.41 bits per heavy atom. The molecule has 0 heterocycles. The molecule has 0 atom stereocenters. The summed E-state index contributed by atoms with van der Waals surface area (Å²) in [5, 5.41) is 2.67. The van der Waals surface area contributed by atoms with E-state index in [2.05, 4.69) is 5.32 Å². The van der Waals surface area contributed by atoms with Crippen molar-refractivity contribution in [2.45, 2.75) is 31.2 Å². The first-order valence-electron chi connectivity index (χ1n) is 5.57. The van der Waals surface area contributed by atoms with E-state index in [0.717, 1.165) is 12.8 Å². The average molecular weight is 257 g/mol. The lowest BCUT2D eigenvalue weighted by atomic mass is 9.98. The number of nitrogens with two attached hydrogens (primary N) is 1. The van der Waals surface area contributed by atoms with Gasteiger partial charge in [0.15, 0.2) is 0 Å². The predicted molar refractivity (Wildman–Crippen MR) is 65.4 cm³/mol. The van der Waals surface area contributed by atoms with E-state index in [4.69, 9.17) is 17.3 Å². The summed E-state index contributed by atoms with van der Waals surface area (Å²) in [4.78, 5) is 12.0. The lowest BCUT2D eigenvalue weighted by molar-refractivity contribution is -0.121. The van der Waals surface area contributed by atoms with Crippen LogP contribution in [0, 0.1) is 5.82 Å². The maximum atomic E-state index is 13.5. The molecule has 1 fully saturated rings. The highest BCUT2D eigenvalue weighted by atomic mass is 35.5. The standard InChI is InChI=1S/C12H14ClFN2O/c13-8-4-3-5-9(14)10(8)16-11(17)12(15)6-1-2-7-12/h3-5H,1-2,6-7,15H2,(H,16,17). The molecule has 1 saturated carbocycles. The summed E-state index contributed by atoms with van der Waals surface area (Å²) < 4.78 is 13.5. The molecule has 1 aliphatic carbocycles. The normalized spacial score (nSPS) is 18.1. The zero-order valence-electron chi connectivity index (χ0n) is 9.30. The minimum atomic E-state index is -0.883. The quantitative estimate of drug-likeness (QED) is 0.855. The maximum Gasteiger partial charge on any atom is 0.244 e. The second-order valence-electron chi connectivity index (χ2n) is 4.41. The van der Waals surface area contributed by atoms with E-state index >= 15 is 0 Å². The molecule has 0 unspecified atom stereocenters. The third-order valence-electron chi connectivity index (χ3n) is 3.15. The Morgan fingerprint density at radius 3 is 2.65 bits per heavy atom. The van der Waals surface area contributed by atoms with Gasteiger partial charge in [-0.15, -0.1) is 0 Å². The van der Waals surface area contributed by atoms with Crippen LogP contribution in [0.25, 0.3) is 0 Å². The molecule has 92 valence electrons. The Hall–Kier alpha value is -1.13. The van der Waals surface area contributed by atoms with E-state index in [1.54, 1.807) is 0 Å². The number of halogens is 2. The van der Waals surface area contributed by atoms with Crippen LogP contribution in [0.2, 0.25) is 5.02 Å². The van der Waals surface area contributed by atoms with Crippen LogP contribution in [0.5, 0.6) is 0 Å². The van der Waals surface area contributed by atoms with Gasteiger partial charge in [0.05, 0.1) is 16.2 Å². The van der Waals surface area contributed by atoms with Gasteiger partial charge in [-0.25, -0.2) is 4.39 Å². The van der Waals surface area contributed by atoms with Crippen molar-refractivity contribution in [2.75, 3.05) is 5.32 Å². The number of carbonyl (C=O) groups excluding carboxylic acids is 1. The fourth-order valence-electron chi connectivity index (χ4n) is 2.09. The number of para-hydroxylation sites is 1. The minimum absolute atomic E-state index is 0.0101. The number of carbonyl (C=O) groups is 1. The number of benzene rings is 1. The number of anilines is 1. The maximum absolute atomic E-state index is 13.5. The van der Waals surface area contributed by atoms with E-state index in [-0.39, 0.29) is 16.6 Å². The van der Waals surface area contributed by atoms with Gasteiger partial charge < -0.3 is 11.1 Å². The summed E-state index contributed by atoms with van der Waals surface area (Å²) >= 11 is 5.83. The molecule has 0 radical (unpaired) electrons. The Labute approximate surface area is 104 Å². The van der Waals surface area contributed by atoms with Gasteiger partial charge in [-0.2, -0.15) is 0 Å². The fraction of sp³-hybridized carbons (Fsp3) is 0.417. The Balaban J connectivity index is 2.18. The Kier molecular flexibility index (Phi) is 3.35. The zero-order chi connectivity index (χ0) is 12.5. The van der Waals surface area contributed by atoms with Crippen LogP contribution in [-0.4, -0.2) is 11.4 Å². The van der Waals surface area contributed by atoms with Crippen molar-refractivity contribution in [1.29, 1.82) is 0 Å². The summed E-state index contributed by atoms with van der Waals surface area (Å²) in [6.07, 6.45) is 3.11. The van der Waals surface area contributed by atoms with Crippen LogP contribution in [0.1, 0.15) is 25.7 Å². The predicted octanol–water partition coefficient (Wildman–Crippen LogP) is 2.69. The third kappa shape index (κ3) is 2.42. The molecule has 0 saturated heterocycles. The minimum Gasteiger partial charge on any atom is -0.321 e. The highest BCUT2D eigenvalue weighted by Crippen LogP contribution is 2.30. The van der Waals surface area contributed by atoms with Gasteiger partial charge in [0, 0.05) is 0 Å². The summed E-state index contributed by atoms with van der Waals surface area (Å²) in [6.45, 7) is 0. The second-order valence-corrected chi connectivity index (χ2v) is 4.82. The molecule has 1 aliphatic rings. The van der Waals surface area contributed by atoms with Gasteiger partial charge in [0.25, 0.3) is 0 Å². The Bertz CT molecular complexity index is 424. The molecule has 0 bridgehead atoms. The molecule has 2 rings (SSSR count). The number of hydrogen-bond donors (Lipinski definition) is 2. The van der Waals surface area contributed by atoms with Gasteiger partial charge in [-0.1, -0.05) is 30.5 Å². The van der Waals surface area contributed by atoms with Crippen molar-refractivity contribution in [3.8, 4) is 0 Å². The number of amides is 1. The van der Waals surface area contributed by atoms with Gasteiger partial charge in [-0.05, 0) is 25.0 Å². The largest absolute Gasteiger partial charge is 0.321 e. The first-order chi connectivity index (χ1) is 8.03. The number of nitrogens with one attached hydrogen (secondary N) is 1. The molecule has 17 heavy (non-hydrogen) atoms. The highest BCUT2D eigenvalue weighted by Gasteiger charge is 2.37. The summed E-state index contributed by atoms with van der Waals surface area (Å²) in [5.74, 6) is -0.908. The lowest BCUT2D eigenvalue weighted by Crippen LogP contribution is -2.48. The van der Waals surface area contributed by atoms with Gasteiger partial charge >= 0.3 is 0 Å². The first kappa shape index (κ1) is 12.3. The van der Waals surface area contributed by atoms with Crippen molar-refractivity contribution in [3.63, 3.8) is 0 Å². The molecule has 3 N–H and O–H groups in total. The van der Waals surface area contributed by atoms with E-state index in [1.165, 1.54) is 18.2 Å². The van der Waals surface area contributed by atoms with Crippen LogP contribution in [0.4, 0.5) is 10.1 Å². The van der Waals surface area contributed by atoms with Crippen LogP contribution in [-0.2, 0) is 4.79 Å². The van der Waals surface area contributed by atoms with Crippen molar-refractivity contribution in [1.82, 2.24) is 0 Å². The second kappa shape index (κ2) is 4.63. The highest BCUT2D eigenvalue weighted by molar-refractivity contribution is 6.33. The SMILES string of the molecule is NC1(C(=O)Nc2c(F)cccc2Cl)CCCC1. The van der Waals surface area contributed by atoms with Gasteiger partial charge in [-0.3, -0.25) is 4.79 Å². The zero-order valence-corrected chi connectivity index (χ0v) is 10.1. The van der Waals surface area contributed by atoms with E-state index in [1.807, 2.05) is 0 Å². The molecular formula is C12H14ClFN2O. The molecular weight excluding hydrogens is 243 g/mol. The summed E-state index contributed by atoms with van der Waals surface area (Å²) in [6, 6.07) is 4.26. The monoisotopic (exact) mass is 256 g/mol. The molecule has 1 aromatic carbocycles. The van der Waals surface area contributed by atoms with Crippen LogP contribution < -0.4 is 11.1 Å². The molecule has 0 aromatic heterocycles. The van der Waals surface area contributed by atoms with Crippen LogP contribution in [0.15, 0.2) is 18.2 Å². The van der Waals surface area contributed by atoms with Crippen molar-refractivity contribution in [2.24, 2.45) is 5.73 Å².